The number of amidine groups is 1. The summed E-state index contributed by atoms with van der Waals surface area (Å²) < 4.78 is 34.0. The predicted octanol–water partition coefficient (Wildman–Crippen LogP) is 0.943. The highest BCUT2D eigenvalue weighted by atomic mass is 32.2. The molecule has 3 rings (SSSR count). The minimum absolute atomic E-state index is 0.0549. The maximum atomic E-state index is 12.0. The van der Waals surface area contributed by atoms with Gasteiger partial charge in [-0.2, -0.15) is 4.99 Å². The van der Waals surface area contributed by atoms with Crippen LogP contribution in [0.3, 0.4) is 0 Å². The fourth-order valence-electron chi connectivity index (χ4n) is 2.89. The first-order valence-corrected chi connectivity index (χ1v) is 10.0. The summed E-state index contributed by atoms with van der Waals surface area (Å²) in [5, 5.41) is 0.380. The fourth-order valence-corrected chi connectivity index (χ4v) is 6.82. The number of benzene rings is 1. The number of hydrogen-bond donors (Lipinski definition) is 0. The van der Waals surface area contributed by atoms with E-state index in [9.17, 15) is 13.2 Å². The molecule has 1 amide bonds. The normalized spacial score (nSPS) is 26.6. The molecule has 2 atom stereocenters. The molecule has 1 aromatic rings. The third-order valence-corrected chi connectivity index (χ3v) is 7.10. The number of carbonyl (C=O) groups excluding carboxylic acids is 1. The highest BCUT2D eigenvalue weighted by Gasteiger charge is 2.49. The summed E-state index contributed by atoms with van der Waals surface area (Å²) in [4.78, 5) is 17.8. The molecule has 1 aromatic carbocycles. The van der Waals surface area contributed by atoms with Crippen LogP contribution in [0.2, 0.25) is 0 Å². The van der Waals surface area contributed by atoms with E-state index < -0.39 is 15.7 Å². The van der Waals surface area contributed by atoms with Crippen molar-refractivity contribution in [3.05, 3.63) is 24.3 Å². The summed E-state index contributed by atoms with van der Waals surface area (Å²) >= 11 is 1.33. The van der Waals surface area contributed by atoms with Crippen LogP contribution >= 0.6 is 11.8 Å². The topological polar surface area (TPSA) is 85.3 Å². The molecule has 24 heavy (non-hydrogen) atoms. The van der Waals surface area contributed by atoms with E-state index in [0.717, 1.165) is 5.69 Å². The van der Waals surface area contributed by atoms with Crippen LogP contribution in [0.4, 0.5) is 5.69 Å². The van der Waals surface area contributed by atoms with Crippen molar-refractivity contribution >= 4 is 38.4 Å². The van der Waals surface area contributed by atoms with Gasteiger partial charge in [0.15, 0.2) is 15.0 Å². The highest BCUT2D eigenvalue weighted by Crippen LogP contribution is 2.41. The second-order valence-corrected chi connectivity index (χ2v) is 8.95. The number of fused-ring (bicyclic) bond motifs is 1. The Morgan fingerprint density at radius 1 is 1.38 bits per heavy atom. The van der Waals surface area contributed by atoms with Crippen molar-refractivity contribution in [2.75, 3.05) is 37.2 Å². The van der Waals surface area contributed by atoms with Gasteiger partial charge in [-0.05, 0) is 12.1 Å². The van der Waals surface area contributed by atoms with E-state index in [-0.39, 0.29) is 29.4 Å². The van der Waals surface area contributed by atoms with Crippen LogP contribution in [-0.2, 0) is 19.4 Å². The number of amides is 1. The Balaban J connectivity index is 1.99. The van der Waals surface area contributed by atoms with Crippen LogP contribution in [0.15, 0.2) is 29.3 Å². The lowest BCUT2D eigenvalue weighted by molar-refractivity contribution is -0.121. The highest BCUT2D eigenvalue weighted by molar-refractivity contribution is 8.16. The molecule has 0 N–H and O–H groups in total. The van der Waals surface area contributed by atoms with Gasteiger partial charge in [0.1, 0.15) is 12.4 Å². The number of sulfone groups is 1. The Bertz CT molecular complexity index is 778. The summed E-state index contributed by atoms with van der Waals surface area (Å²) in [6, 6.07) is 7.06. The number of ether oxygens (including phenoxy) is 2. The number of nitrogens with zero attached hydrogens (tertiary/aromatic N) is 2. The second kappa shape index (κ2) is 6.73. The van der Waals surface area contributed by atoms with Crippen LogP contribution in [0.25, 0.3) is 0 Å². The van der Waals surface area contributed by atoms with Crippen LogP contribution in [0.1, 0.15) is 0 Å². The maximum Gasteiger partial charge on any atom is 0.274 e. The zero-order chi connectivity index (χ0) is 17.3. The van der Waals surface area contributed by atoms with Crippen LogP contribution < -0.4 is 9.64 Å². The number of aliphatic imine (C=N–C) groups is 1. The van der Waals surface area contributed by atoms with Crippen molar-refractivity contribution in [1.82, 2.24) is 0 Å². The predicted molar refractivity (Wildman–Crippen MR) is 93.6 cm³/mol. The van der Waals surface area contributed by atoms with Gasteiger partial charge in [-0.3, -0.25) is 4.79 Å². The standard InChI is InChI=1S/C15H18N2O5S2/c1-21-7-14(18)16-15-17(10-4-3-5-11(6-10)22-2)12-8-24(19,20)9-13(12)23-15/h3-6,12-13H,7-9H2,1-2H3/t12-,13-/m0/s1. The molecule has 7 nitrogen and oxygen atoms in total. The van der Waals surface area contributed by atoms with Crippen molar-refractivity contribution < 1.29 is 22.7 Å². The van der Waals surface area contributed by atoms with Crippen LogP contribution in [0, 0.1) is 0 Å². The molecule has 2 aliphatic rings. The lowest BCUT2D eigenvalue weighted by Gasteiger charge is -2.24. The smallest absolute Gasteiger partial charge is 0.274 e. The maximum absolute atomic E-state index is 12.0. The number of methoxy groups -OCH3 is 2. The van der Waals surface area contributed by atoms with E-state index in [1.165, 1.54) is 18.9 Å². The van der Waals surface area contributed by atoms with E-state index in [0.29, 0.717) is 10.9 Å². The minimum atomic E-state index is -3.08. The summed E-state index contributed by atoms with van der Waals surface area (Å²) in [5.74, 6) is 0.416. The molecule has 0 saturated carbocycles. The van der Waals surface area contributed by atoms with E-state index in [4.69, 9.17) is 9.47 Å². The van der Waals surface area contributed by atoms with Gasteiger partial charge in [0.05, 0.1) is 24.7 Å². The first kappa shape index (κ1) is 17.2. The molecule has 0 unspecified atom stereocenters. The largest absolute Gasteiger partial charge is 0.497 e. The summed E-state index contributed by atoms with van der Waals surface area (Å²) in [6.07, 6.45) is 0. The van der Waals surface area contributed by atoms with E-state index in [2.05, 4.69) is 4.99 Å². The fraction of sp³-hybridized carbons (Fsp3) is 0.467. The lowest BCUT2D eigenvalue weighted by Crippen LogP contribution is -2.37. The average Bonchev–Trinajstić information content (AvgIpc) is 2.98. The second-order valence-electron chi connectivity index (χ2n) is 5.59. The van der Waals surface area contributed by atoms with E-state index in [1.807, 2.05) is 29.2 Å². The van der Waals surface area contributed by atoms with Gasteiger partial charge in [0, 0.05) is 24.1 Å². The van der Waals surface area contributed by atoms with Crippen molar-refractivity contribution in [3.63, 3.8) is 0 Å². The van der Waals surface area contributed by atoms with Gasteiger partial charge in [0.25, 0.3) is 5.91 Å². The van der Waals surface area contributed by atoms with Crippen LogP contribution in [-0.4, -0.2) is 63.1 Å². The third-order valence-electron chi connectivity index (χ3n) is 3.89. The molecule has 0 radical (unpaired) electrons. The van der Waals surface area contributed by atoms with Gasteiger partial charge in [-0.25, -0.2) is 8.42 Å². The van der Waals surface area contributed by atoms with Crippen molar-refractivity contribution in [3.8, 4) is 5.75 Å². The van der Waals surface area contributed by atoms with E-state index in [1.54, 1.807) is 7.11 Å². The molecule has 0 aromatic heterocycles. The SMILES string of the molecule is COCC(=O)N=C1S[C@H]2CS(=O)(=O)C[C@@H]2N1c1cccc(OC)c1. The Morgan fingerprint density at radius 3 is 2.88 bits per heavy atom. The van der Waals surface area contributed by atoms with Gasteiger partial charge in [0.2, 0.25) is 0 Å². The minimum Gasteiger partial charge on any atom is -0.497 e. The Hall–Kier alpha value is -1.58. The molecular weight excluding hydrogens is 352 g/mol. The summed E-state index contributed by atoms with van der Waals surface area (Å²) in [5.41, 5.74) is 0.760. The molecule has 130 valence electrons. The molecule has 2 fully saturated rings. The molecule has 0 aliphatic carbocycles. The Kier molecular flexibility index (Phi) is 4.84. The Morgan fingerprint density at radius 2 is 2.17 bits per heavy atom. The zero-order valence-electron chi connectivity index (χ0n) is 13.3. The monoisotopic (exact) mass is 370 g/mol. The quantitative estimate of drug-likeness (QED) is 0.780. The van der Waals surface area contributed by atoms with Crippen LogP contribution in [0.5, 0.6) is 5.75 Å². The van der Waals surface area contributed by atoms with Gasteiger partial charge >= 0.3 is 0 Å². The van der Waals surface area contributed by atoms with E-state index >= 15 is 0 Å². The summed E-state index contributed by atoms with van der Waals surface area (Å²) in [7, 11) is -0.0838. The molecule has 0 spiro atoms. The molecular formula is C15H18N2O5S2. The number of carbonyl (C=O) groups is 1. The number of hydrogen-bond acceptors (Lipinski definition) is 6. The molecule has 0 bridgehead atoms. The lowest BCUT2D eigenvalue weighted by atomic mass is 10.2. The first-order chi connectivity index (χ1) is 11.4. The van der Waals surface area contributed by atoms with Gasteiger partial charge < -0.3 is 14.4 Å². The summed E-state index contributed by atoms with van der Waals surface area (Å²) in [6.45, 7) is -0.107. The average molecular weight is 370 g/mol. The number of thioether (sulfide) groups is 1. The number of rotatable bonds is 4. The van der Waals surface area contributed by atoms with Crippen molar-refractivity contribution in [1.29, 1.82) is 0 Å². The zero-order valence-corrected chi connectivity index (χ0v) is 15.0. The molecule has 2 saturated heterocycles. The molecule has 2 aliphatic heterocycles. The van der Waals surface area contributed by atoms with Crippen molar-refractivity contribution in [2.45, 2.75) is 11.3 Å². The van der Waals surface area contributed by atoms with Gasteiger partial charge in [-0.1, -0.05) is 17.8 Å². The van der Waals surface area contributed by atoms with Gasteiger partial charge in [-0.15, -0.1) is 0 Å². The number of anilines is 1. The first-order valence-electron chi connectivity index (χ1n) is 7.34. The Labute approximate surface area is 144 Å². The third kappa shape index (κ3) is 3.42. The molecule has 9 heteroatoms. The molecule has 2 heterocycles. The van der Waals surface area contributed by atoms with Crippen molar-refractivity contribution in [2.24, 2.45) is 4.99 Å².